The first kappa shape index (κ1) is 12.4. The van der Waals surface area contributed by atoms with E-state index in [4.69, 9.17) is 0 Å². The molecule has 2 nitrogen and oxygen atoms in total. The summed E-state index contributed by atoms with van der Waals surface area (Å²) in [6.45, 7) is 0.379. The fourth-order valence-electron chi connectivity index (χ4n) is 3.39. The fraction of sp³-hybridized carbons (Fsp3) is 1.00. The van der Waals surface area contributed by atoms with Crippen molar-refractivity contribution in [1.29, 1.82) is 0 Å². The van der Waals surface area contributed by atoms with Crippen molar-refractivity contribution in [3.63, 3.8) is 0 Å². The molecule has 2 heteroatoms. The molecule has 0 aliphatic heterocycles. The highest BCUT2D eigenvalue weighted by molar-refractivity contribution is 4.83. The van der Waals surface area contributed by atoms with Gasteiger partial charge in [0.2, 0.25) is 0 Å². The van der Waals surface area contributed by atoms with E-state index < -0.39 is 0 Å². The SMILES string of the molecule is OCC1CCCCCC1NC1CCCCC1. The number of rotatable bonds is 3. The van der Waals surface area contributed by atoms with Gasteiger partial charge in [-0.1, -0.05) is 38.5 Å². The molecule has 2 saturated carbocycles. The van der Waals surface area contributed by atoms with Crippen molar-refractivity contribution >= 4 is 0 Å². The quantitative estimate of drug-likeness (QED) is 0.724. The second kappa shape index (κ2) is 6.61. The van der Waals surface area contributed by atoms with Crippen molar-refractivity contribution in [3.8, 4) is 0 Å². The summed E-state index contributed by atoms with van der Waals surface area (Å²) in [6.07, 6.45) is 13.5. The Morgan fingerprint density at radius 3 is 2.12 bits per heavy atom. The molecule has 0 bridgehead atoms. The van der Waals surface area contributed by atoms with Crippen LogP contribution >= 0.6 is 0 Å². The second-order valence-electron chi connectivity index (χ2n) is 5.69. The van der Waals surface area contributed by atoms with Gasteiger partial charge in [-0.2, -0.15) is 0 Å². The van der Waals surface area contributed by atoms with Crippen molar-refractivity contribution in [2.75, 3.05) is 6.61 Å². The lowest BCUT2D eigenvalue weighted by molar-refractivity contribution is 0.168. The van der Waals surface area contributed by atoms with E-state index in [0.29, 0.717) is 18.6 Å². The van der Waals surface area contributed by atoms with Crippen LogP contribution in [-0.2, 0) is 0 Å². The van der Waals surface area contributed by atoms with Gasteiger partial charge in [0.1, 0.15) is 0 Å². The maximum absolute atomic E-state index is 9.48. The van der Waals surface area contributed by atoms with E-state index in [1.165, 1.54) is 64.2 Å². The van der Waals surface area contributed by atoms with Gasteiger partial charge in [0.25, 0.3) is 0 Å². The smallest absolute Gasteiger partial charge is 0.0474 e. The molecular weight excluding hydrogens is 198 g/mol. The molecule has 0 amide bonds. The van der Waals surface area contributed by atoms with Crippen molar-refractivity contribution in [2.24, 2.45) is 5.92 Å². The zero-order chi connectivity index (χ0) is 11.2. The van der Waals surface area contributed by atoms with Crippen LogP contribution < -0.4 is 5.32 Å². The van der Waals surface area contributed by atoms with Gasteiger partial charge in [0, 0.05) is 18.7 Å². The Morgan fingerprint density at radius 2 is 1.44 bits per heavy atom. The van der Waals surface area contributed by atoms with Crippen LogP contribution in [-0.4, -0.2) is 23.8 Å². The van der Waals surface area contributed by atoms with Crippen LogP contribution in [0.2, 0.25) is 0 Å². The van der Waals surface area contributed by atoms with E-state index >= 15 is 0 Å². The Bertz CT molecular complexity index is 189. The first-order valence-corrected chi connectivity index (χ1v) is 7.27. The predicted octanol–water partition coefficient (Wildman–Crippen LogP) is 2.85. The number of aliphatic hydroxyl groups excluding tert-OH is 1. The molecular formula is C14H27NO. The summed E-state index contributed by atoms with van der Waals surface area (Å²) >= 11 is 0. The van der Waals surface area contributed by atoms with Crippen molar-refractivity contribution in [1.82, 2.24) is 5.32 Å². The van der Waals surface area contributed by atoms with Gasteiger partial charge < -0.3 is 10.4 Å². The Kier molecular flexibility index (Phi) is 5.11. The summed E-state index contributed by atoms with van der Waals surface area (Å²) < 4.78 is 0. The molecule has 0 radical (unpaired) electrons. The fourth-order valence-corrected chi connectivity index (χ4v) is 3.39. The highest BCUT2D eigenvalue weighted by Gasteiger charge is 2.25. The second-order valence-corrected chi connectivity index (χ2v) is 5.69. The van der Waals surface area contributed by atoms with E-state index in [9.17, 15) is 5.11 Å². The normalized spacial score (nSPS) is 33.6. The molecule has 16 heavy (non-hydrogen) atoms. The standard InChI is InChI=1S/C14H27NO/c16-11-12-7-3-1-6-10-14(12)15-13-8-4-2-5-9-13/h12-16H,1-11H2. The number of hydrogen-bond acceptors (Lipinski definition) is 2. The van der Waals surface area contributed by atoms with Crippen LogP contribution in [0.25, 0.3) is 0 Å². The van der Waals surface area contributed by atoms with Gasteiger partial charge >= 0.3 is 0 Å². The van der Waals surface area contributed by atoms with Crippen LogP contribution in [0.3, 0.4) is 0 Å². The third kappa shape index (κ3) is 3.46. The number of nitrogens with one attached hydrogen (secondary N) is 1. The Morgan fingerprint density at radius 1 is 0.812 bits per heavy atom. The number of hydrogen-bond donors (Lipinski definition) is 2. The highest BCUT2D eigenvalue weighted by atomic mass is 16.3. The Balaban J connectivity index is 1.83. The molecule has 0 aromatic carbocycles. The minimum absolute atomic E-state index is 0.379. The van der Waals surface area contributed by atoms with Crippen LogP contribution in [0.1, 0.15) is 64.2 Å². The first-order valence-electron chi connectivity index (χ1n) is 7.27. The topological polar surface area (TPSA) is 32.3 Å². The third-order valence-electron chi connectivity index (χ3n) is 4.45. The lowest BCUT2D eigenvalue weighted by atomic mass is 9.90. The summed E-state index contributed by atoms with van der Waals surface area (Å²) in [4.78, 5) is 0. The first-order chi connectivity index (χ1) is 7.90. The molecule has 94 valence electrons. The molecule has 0 saturated heterocycles. The largest absolute Gasteiger partial charge is 0.396 e. The summed E-state index contributed by atoms with van der Waals surface area (Å²) in [7, 11) is 0. The van der Waals surface area contributed by atoms with E-state index in [1.807, 2.05) is 0 Å². The van der Waals surface area contributed by atoms with Gasteiger partial charge in [0.05, 0.1) is 0 Å². The predicted molar refractivity (Wildman–Crippen MR) is 67.5 cm³/mol. The van der Waals surface area contributed by atoms with E-state index in [2.05, 4.69) is 5.32 Å². The zero-order valence-electron chi connectivity index (χ0n) is 10.5. The van der Waals surface area contributed by atoms with Gasteiger partial charge in [-0.25, -0.2) is 0 Å². The monoisotopic (exact) mass is 225 g/mol. The minimum atomic E-state index is 0.379. The molecule has 0 spiro atoms. The molecule has 2 unspecified atom stereocenters. The maximum Gasteiger partial charge on any atom is 0.0474 e. The Hall–Kier alpha value is -0.0800. The number of aliphatic hydroxyl groups is 1. The average molecular weight is 225 g/mol. The summed E-state index contributed by atoms with van der Waals surface area (Å²) in [6, 6.07) is 1.33. The van der Waals surface area contributed by atoms with Gasteiger partial charge in [-0.3, -0.25) is 0 Å². The molecule has 0 aromatic heterocycles. The zero-order valence-corrected chi connectivity index (χ0v) is 10.5. The molecule has 0 aromatic rings. The molecule has 2 N–H and O–H groups in total. The van der Waals surface area contributed by atoms with E-state index in [1.54, 1.807) is 0 Å². The maximum atomic E-state index is 9.48. The lowest BCUT2D eigenvalue weighted by Gasteiger charge is -2.31. The van der Waals surface area contributed by atoms with Crippen LogP contribution in [0.4, 0.5) is 0 Å². The molecule has 2 rings (SSSR count). The van der Waals surface area contributed by atoms with Crippen LogP contribution in [0.5, 0.6) is 0 Å². The molecule has 2 aliphatic carbocycles. The van der Waals surface area contributed by atoms with E-state index in [-0.39, 0.29) is 0 Å². The summed E-state index contributed by atoms with van der Waals surface area (Å²) in [5.41, 5.74) is 0. The molecule has 0 heterocycles. The summed E-state index contributed by atoms with van der Waals surface area (Å²) in [5, 5.41) is 13.3. The van der Waals surface area contributed by atoms with Gasteiger partial charge in [-0.05, 0) is 31.6 Å². The minimum Gasteiger partial charge on any atom is -0.396 e. The highest BCUT2D eigenvalue weighted by Crippen LogP contribution is 2.26. The van der Waals surface area contributed by atoms with E-state index in [0.717, 1.165) is 6.04 Å². The molecule has 2 atom stereocenters. The lowest BCUT2D eigenvalue weighted by Crippen LogP contribution is -2.44. The van der Waals surface area contributed by atoms with Crippen molar-refractivity contribution in [2.45, 2.75) is 76.3 Å². The summed E-state index contributed by atoms with van der Waals surface area (Å²) in [5.74, 6) is 0.518. The molecule has 2 fully saturated rings. The van der Waals surface area contributed by atoms with Crippen LogP contribution in [0.15, 0.2) is 0 Å². The van der Waals surface area contributed by atoms with Crippen LogP contribution in [0, 0.1) is 5.92 Å². The molecule has 2 aliphatic rings. The van der Waals surface area contributed by atoms with Crippen molar-refractivity contribution in [3.05, 3.63) is 0 Å². The average Bonchev–Trinajstić information content (AvgIpc) is 2.55. The van der Waals surface area contributed by atoms with Gasteiger partial charge in [0.15, 0.2) is 0 Å². The third-order valence-corrected chi connectivity index (χ3v) is 4.45. The van der Waals surface area contributed by atoms with Gasteiger partial charge in [-0.15, -0.1) is 0 Å². The Labute approximate surface area is 99.8 Å². The van der Waals surface area contributed by atoms with Crippen molar-refractivity contribution < 1.29 is 5.11 Å².